The topological polar surface area (TPSA) is 76.4 Å². The summed E-state index contributed by atoms with van der Waals surface area (Å²) >= 11 is 6.99. The number of nitrogens with one attached hydrogen (secondary N) is 1. The molecule has 122 valence electrons. The SMILES string of the molecule is O=C(CCC(=O)c1ccc(Cl)s1)Nc1ccc2oc(=O)ccc2c1. The lowest BCUT2D eigenvalue weighted by Gasteiger charge is -2.05. The Balaban J connectivity index is 1.61. The summed E-state index contributed by atoms with van der Waals surface area (Å²) < 4.78 is 5.58. The van der Waals surface area contributed by atoms with Crippen molar-refractivity contribution in [3.05, 3.63) is 62.1 Å². The van der Waals surface area contributed by atoms with Crippen LogP contribution in [0.2, 0.25) is 4.34 Å². The molecule has 0 saturated heterocycles. The Morgan fingerprint density at radius 2 is 1.92 bits per heavy atom. The van der Waals surface area contributed by atoms with Crippen LogP contribution in [0.5, 0.6) is 0 Å². The maximum atomic E-state index is 12.0. The van der Waals surface area contributed by atoms with Gasteiger partial charge in [-0.05, 0) is 36.4 Å². The van der Waals surface area contributed by atoms with E-state index in [-0.39, 0.29) is 24.5 Å². The van der Waals surface area contributed by atoms with Crippen LogP contribution in [-0.2, 0) is 4.79 Å². The second kappa shape index (κ2) is 6.98. The second-order valence-electron chi connectivity index (χ2n) is 5.08. The number of fused-ring (bicyclic) bond motifs is 1. The number of carbonyl (C=O) groups excluding carboxylic acids is 2. The normalized spacial score (nSPS) is 10.7. The number of Topliss-reactive ketones (excluding diaryl/α,β-unsaturated/α-hetero) is 1. The molecule has 0 aliphatic rings. The number of thiophene rings is 1. The maximum Gasteiger partial charge on any atom is 0.336 e. The van der Waals surface area contributed by atoms with Gasteiger partial charge in [0.2, 0.25) is 5.91 Å². The van der Waals surface area contributed by atoms with Crippen molar-refractivity contribution in [1.82, 2.24) is 0 Å². The molecule has 2 heterocycles. The minimum atomic E-state index is -0.425. The van der Waals surface area contributed by atoms with Gasteiger partial charge in [-0.1, -0.05) is 11.6 Å². The largest absolute Gasteiger partial charge is 0.423 e. The highest BCUT2D eigenvalue weighted by Crippen LogP contribution is 2.23. The van der Waals surface area contributed by atoms with Gasteiger partial charge >= 0.3 is 5.63 Å². The molecule has 5 nitrogen and oxygen atoms in total. The van der Waals surface area contributed by atoms with Gasteiger partial charge < -0.3 is 9.73 Å². The molecule has 1 N–H and O–H groups in total. The number of amides is 1. The van der Waals surface area contributed by atoms with Crippen LogP contribution >= 0.6 is 22.9 Å². The molecule has 3 aromatic rings. The lowest BCUT2D eigenvalue weighted by Crippen LogP contribution is -2.13. The molecule has 3 rings (SSSR count). The molecule has 1 amide bonds. The van der Waals surface area contributed by atoms with Crippen LogP contribution in [-0.4, -0.2) is 11.7 Å². The van der Waals surface area contributed by atoms with Gasteiger partial charge in [-0.2, -0.15) is 0 Å². The van der Waals surface area contributed by atoms with Crippen molar-refractivity contribution in [2.45, 2.75) is 12.8 Å². The first kappa shape index (κ1) is 16.4. The lowest BCUT2D eigenvalue weighted by molar-refractivity contribution is -0.116. The van der Waals surface area contributed by atoms with Crippen molar-refractivity contribution in [3.63, 3.8) is 0 Å². The molecule has 0 saturated carbocycles. The van der Waals surface area contributed by atoms with Crippen molar-refractivity contribution >= 4 is 51.3 Å². The lowest BCUT2D eigenvalue weighted by atomic mass is 10.1. The zero-order chi connectivity index (χ0) is 17.1. The fraction of sp³-hybridized carbons (Fsp3) is 0.118. The third kappa shape index (κ3) is 3.90. The second-order valence-corrected chi connectivity index (χ2v) is 6.80. The number of ketones is 1. The quantitative estimate of drug-likeness (QED) is 0.548. The molecule has 0 unspecified atom stereocenters. The molecule has 24 heavy (non-hydrogen) atoms. The molecule has 0 radical (unpaired) electrons. The predicted molar refractivity (Wildman–Crippen MR) is 94.0 cm³/mol. The number of halogens is 1. The zero-order valence-corrected chi connectivity index (χ0v) is 13.9. The van der Waals surface area contributed by atoms with Crippen molar-refractivity contribution in [1.29, 1.82) is 0 Å². The van der Waals surface area contributed by atoms with Gasteiger partial charge in [-0.25, -0.2) is 4.79 Å². The van der Waals surface area contributed by atoms with Crippen LogP contribution in [0.25, 0.3) is 11.0 Å². The van der Waals surface area contributed by atoms with E-state index >= 15 is 0 Å². The van der Waals surface area contributed by atoms with Crippen molar-refractivity contribution in [3.8, 4) is 0 Å². The first-order valence-corrected chi connectivity index (χ1v) is 8.33. The van der Waals surface area contributed by atoms with Crippen molar-refractivity contribution < 1.29 is 14.0 Å². The number of hydrogen-bond donors (Lipinski definition) is 1. The van der Waals surface area contributed by atoms with E-state index in [9.17, 15) is 14.4 Å². The summed E-state index contributed by atoms with van der Waals surface area (Å²) in [5.41, 5.74) is 0.602. The summed E-state index contributed by atoms with van der Waals surface area (Å²) in [7, 11) is 0. The van der Waals surface area contributed by atoms with Crippen molar-refractivity contribution in [2.24, 2.45) is 0 Å². The molecule has 2 aromatic heterocycles. The van der Waals surface area contributed by atoms with Gasteiger partial charge in [-0.15, -0.1) is 11.3 Å². The molecule has 0 aliphatic heterocycles. The first-order valence-electron chi connectivity index (χ1n) is 7.13. The summed E-state index contributed by atoms with van der Waals surface area (Å²) in [6.45, 7) is 0. The van der Waals surface area contributed by atoms with Gasteiger partial charge in [-0.3, -0.25) is 9.59 Å². The predicted octanol–water partition coefficient (Wildman–Crippen LogP) is 4.11. The van der Waals surface area contributed by atoms with Gasteiger partial charge in [0.15, 0.2) is 5.78 Å². The van der Waals surface area contributed by atoms with E-state index in [0.717, 1.165) is 0 Å². The van der Waals surface area contributed by atoms with Gasteiger partial charge in [0.25, 0.3) is 0 Å². The molecule has 0 aliphatic carbocycles. The first-order chi connectivity index (χ1) is 11.5. The smallest absolute Gasteiger partial charge is 0.336 e. The van der Waals surface area contributed by atoms with Gasteiger partial charge in [0.05, 0.1) is 9.21 Å². The molecular weight excluding hydrogens is 350 g/mol. The number of anilines is 1. The van der Waals surface area contributed by atoms with E-state index in [4.69, 9.17) is 16.0 Å². The van der Waals surface area contributed by atoms with Crippen LogP contribution in [0.15, 0.2) is 51.7 Å². The molecule has 0 bridgehead atoms. The highest BCUT2D eigenvalue weighted by molar-refractivity contribution is 7.18. The maximum absolute atomic E-state index is 12.0. The number of rotatable bonds is 5. The summed E-state index contributed by atoms with van der Waals surface area (Å²) in [6, 6.07) is 11.2. The van der Waals surface area contributed by atoms with E-state index in [1.165, 1.54) is 17.4 Å². The highest BCUT2D eigenvalue weighted by Gasteiger charge is 2.12. The van der Waals surface area contributed by atoms with Gasteiger partial charge in [0, 0.05) is 30.0 Å². The average Bonchev–Trinajstić information content (AvgIpc) is 2.99. The minimum Gasteiger partial charge on any atom is -0.423 e. The van der Waals surface area contributed by atoms with E-state index in [1.54, 1.807) is 36.4 Å². The number of hydrogen-bond acceptors (Lipinski definition) is 5. The minimum absolute atomic E-state index is 0.0796. The molecule has 0 atom stereocenters. The average molecular weight is 362 g/mol. The Kier molecular flexibility index (Phi) is 4.78. The molecule has 7 heteroatoms. The zero-order valence-electron chi connectivity index (χ0n) is 12.4. The van der Waals surface area contributed by atoms with Gasteiger partial charge in [0.1, 0.15) is 5.58 Å². The summed E-state index contributed by atoms with van der Waals surface area (Å²) in [4.78, 5) is 35.6. The fourth-order valence-corrected chi connectivity index (χ4v) is 3.20. The summed E-state index contributed by atoms with van der Waals surface area (Å²) in [5, 5.41) is 3.43. The van der Waals surface area contributed by atoms with E-state index in [2.05, 4.69) is 5.32 Å². The van der Waals surface area contributed by atoms with Crippen molar-refractivity contribution in [2.75, 3.05) is 5.32 Å². The molecular formula is C17H12ClNO4S. The Bertz CT molecular complexity index is 976. The third-order valence-electron chi connectivity index (χ3n) is 3.33. The van der Waals surface area contributed by atoms with Crippen LogP contribution < -0.4 is 10.9 Å². The van der Waals surface area contributed by atoms with Crippen LogP contribution in [0.4, 0.5) is 5.69 Å². The monoisotopic (exact) mass is 361 g/mol. The Labute approximate surface area is 145 Å². The summed E-state index contributed by atoms with van der Waals surface area (Å²) in [6.07, 6.45) is 0.196. The van der Waals surface area contributed by atoms with Crippen LogP contribution in [0.1, 0.15) is 22.5 Å². The fourth-order valence-electron chi connectivity index (χ4n) is 2.19. The number of carbonyl (C=O) groups is 2. The molecule has 0 fully saturated rings. The van der Waals surface area contributed by atoms with E-state index in [1.807, 2.05) is 0 Å². The van der Waals surface area contributed by atoms with Crippen LogP contribution in [0.3, 0.4) is 0 Å². The number of benzene rings is 1. The van der Waals surface area contributed by atoms with E-state index < -0.39 is 5.63 Å². The Morgan fingerprint density at radius 1 is 1.08 bits per heavy atom. The molecule has 1 aromatic carbocycles. The molecule has 0 spiro atoms. The highest BCUT2D eigenvalue weighted by atomic mass is 35.5. The summed E-state index contributed by atoms with van der Waals surface area (Å²) in [5.74, 6) is -0.370. The van der Waals surface area contributed by atoms with E-state index in [0.29, 0.717) is 25.9 Å². The standard InChI is InChI=1S/C17H12ClNO4S/c18-15-6-5-14(24-15)12(20)3-7-16(21)19-11-2-4-13-10(9-11)1-8-17(22)23-13/h1-2,4-6,8-9H,3,7H2,(H,19,21). The Hall–Kier alpha value is -2.44. The Morgan fingerprint density at radius 3 is 2.67 bits per heavy atom. The third-order valence-corrected chi connectivity index (χ3v) is 4.60. The van der Waals surface area contributed by atoms with Crippen LogP contribution in [0, 0.1) is 0 Å².